The van der Waals surface area contributed by atoms with E-state index in [9.17, 15) is 19.2 Å². The molecule has 5 amide bonds. The second-order valence-corrected chi connectivity index (χ2v) is 11.3. The Balaban J connectivity index is 1.42. The first kappa shape index (κ1) is 31.3. The monoisotopic (exact) mass is 610 g/mol. The van der Waals surface area contributed by atoms with Crippen LogP contribution in [0.1, 0.15) is 30.9 Å². The summed E-state index contributed by atoms with van der Waals surface area (Å²) in [6.07, 6.45) is 1.83. The highest BCUT2D eigenvalue weighted by atomic mass is 16.5. The lowest BCUT2D eigenvalue weighted by Crippen LogP contribution is -2.60. The van der Waals surface area contributed by atoms with Crippen molar-refractivity contribution >= 4 is 46.0 Å². The first-order valence-electron chi connectivity index (χ1n) is 14.9. The zero-order valence-corrected chi connectivity index (χ0v) is 25.9. The number of imide groups is 1. The topological polar surface area (TPSA) is 127 Å². The number of hydrogen-bond acceptors (Lipinski definition) is 6. The molecule has 45 heavy (non-hydrogen) atoms. The van der Waals surface area contributed by atoms with Gasteiger partial charge in [-0.25, -0.2) is 9.69 Å². The molecule has 3 aromatic carbocycles. The zero-order chi connectivity index (χ0) is 32.1. The van der Waals surface area contributed by atoms with Crippen molar-refractivity contribution < 1.29 is 23.9 Å². The van der Waals surface area contributed by atoms with Crippen molar-refractivity contribution in [1.82, 2.24) is 20.1 Å². The summed E-state index contributed by atoms with van der Waals surface area (Å²) in [5, 5.41) is 6.75. The van der Waals surface area contributed by atoms with E-state index >= 15 is 0 Å². The quantitative estimate of drug-likeness (QED) is 0.230. The van der Waals surface area contributed by atoms with Crippen molar-refractivity contribution in [3.8, 4) is 5.75 Å². The summed E-state index contributed by atoms with van der Waals surface area (Å²) in [4.78, 5) is 61.3. The summed E-state index contributed by atoms with van der Waals surface area (Å²) in [5.41, 5.74) is 3.62. The van der Waals surface area contributed by atoms with Crippen LogP contribution in [-0.4, -0.2) is 78.4 Å². The predicted molar refractivity (Wildman–Crippen MR) is 173 cm³/mol. The molecule has 2 heterocycles. The fourth-order valence-corrected chi connectivity index (χ4v) is 5.59. The molecule has 2 unspecified atom stereocenters. The lowest BCUT2D eigenvalue weighted by molar-refractivity contribution is -0.130. The van der Waals surface area contributed by atoms with Crippen LogP contribution in [0.15, 0.2) is 79.0 Å². The van der Waals surface area contributed by atoms with Crippen LogP contribution in [-0.2, 0) is 20.9 Å². The van der Waals surface area contributed by atoms with Gasteiger partial charge in [-0.1, -0.05) is 49.4 Å². The maximum absolute atomic E-state index is 14.1. The molecule has 0 radical (unpaired) electrons. The van der Waals surface area contributed by atoms with E-state index in [4.69, 9.17) is 4.74 Å². The van der Waals surface area contributed by atoms with Crippen molar-refractivity contribution in [2.45, 2.75) is 32.4 Å². The third kappa shape index (κ3) is 6.99. The van der Waals surface area contributed by atoms with E-state index in [1.165, 1.54) is 0 Å². The van der Waals surface area contributed by atoms with Crippen LogP contribution >= 0.6 is 0 Å². The number of amides is 5. The Kier molecular flexibility index (Phi) is 9.48. The number of H-pyrrole nitrogens is 1. The summed E-state index contributed by atoms with van der Waals surface area (Å²) in [6, 6.07) is 20.2. The molecule has 1 aromatic heterocycles. The van der Waals surface area contributed by atoms with Crippen LogP contribution in [0.25, 0.3) is 10.9 Å². The summed E-state index contributed by atoms with van der Waals surface area (Å²) >= 11 is 0. The van der Waals surface area contributed by atoms with Crippen molar-refractivity contribution in [1.29, 1.82) is 0 Å². The lowest BCUT2D eigenvalue weighted by atomic mass is 9.92. The molecule has 2 atom stereocenters. The van der Waals surface area contributed by atoms with Gasteiger partial charge in [-0.3, -0.25) is 14.4 Å². The first-order chi connectivity index (χ1) is 21.7. The number of anilines is 2. The average Bonchev–Trinajstić information content (AvgIpc) is 3.45. The number of carbonyl (C=O) groups excluding carboxylic acids is 4. The molecule has 0 saturated carbocycles. The van der Waals surface area contributed by atoms with Crippen molar-refractivity contribution in [2.24, 2.45) is 0 Å². The normalized spacial score (nSPS) is 14.9. The standard InChI is InChI=1S/C34H38N6O5/c1-5-45-29-16-15-23(19-38(3)4)17-28(29)36-33(43)32(22(2)26-18-35-27-14-10-9-13-25(26)27)37-34(44)39-20-30(41)40(31(42)21-39)24-11-7-6-8-12-24/h6-18,22,32,35H,5,19-21H2,1-4H3,(H,36,43)(H,37,44). The van der Waals surface area contributed by atoms with E-state index in [0.29, 0.717) is 30.3 Å². The molecule has 1 saturated heterocycles. The molecule has 234 valence electrons. The number of nitrogens with one attached hydrogen (secondary N) is 3. The number of para-hydroxylation sites is 2. The molecule has 1 aliphatic heterocycles. The molecule has 1 aliphatic rings. The Morgan fingerprint density at radius 1 is 0.978 bits per heavy atom. The third-order valence-electron chi connectivity index (χ3n) is 7.73. The maximum Gasteiger partial charge on any atom is 0.319 e. The highest BCUT2D eigenvalue weighted by molar-refractivity contribution is 6.19. The van der Waals surface area contributed by atoms with E-state index in [1.807, 2.05) is 81.5 Å². The van der Waals surface area contributed by atoms with Crippen LogP contribution in [0.5, 0.6) is 5.75 Å². The molecule has 4 aromatic rings. The number of benzene rings is 3. The number of carbonyl (C=O) groups is 4. The number of fused-ring (bicyclic) bond motifs is 1. The highest BCUT2D eigenvalue weighted by Crippen LogP contribution is 2.31. The first-order valence-corrected chi connectivity index (χ1v) is 14.9. The molecular weight excluding hydrogens is 572 g/mol. The van der Waals surface area contributed by atoms with Crippen molar-refractivity contribution in [2.75, 3.05) is 44.0 Å². The molecule has 11 heteroatoms. The second kappa shape index (κ2) is 13.6. The van der Waals surface area contributed by atoms with Crippen LogP contribution in [0, 0.1) is 0 Å². The van der Waals surface area contributed by atoms with Gasteiger partial charge in [0.2, 0.25) is 5.91 Å². The summed E-state index contributed by atoms with van der Waals surface area (Å²) < 4.78 is 5.81. The van der Waals surface area contributed by atoms with E-state index in [1.54, 1.807) is 30.3 Å². The fourth-order valence-electron chi connectivity index (χ4n) is 5.59. The van der Waals surface area contributed by atoms with Gasteiger partial charge in [0.05, 0.1) is 18.0 Å². The van der Waals surface area contributed by atoms with Crippen LogP contribution in [0.3, 0.4) is 0 Å². The van der Waals surface area contributed by atoms with E-state index in [-0.39, 0.29) is 13.1 Å². The molecule has 0 aliphatic carbocycles. The van der Waals surface area contributed by atoms with E-state index < -0.39 is 35.7 Å². The number of aromatic nitrogens is 1. The van der Waals surface area contributed by atoms with Gasteiger partial charge in [0.25, 0.3) is 11.8 Å². The van der Waals surface area contributed by atoms with Crippen LogP contribution in [0.2, 0.25) is 0 Å². The number of hydrogen-bond donors (Lipinski definition) is 3. The van der Waals surface area contributed by atoms with Gasteiger partial charge in [0, 0.05) is 29.6 Å². The Morgan fingerprint density at radius 3 is 2.36 bits per heavy atom. The minimum atomic E-state index is -1.07. The van der Waals surface area contributed by atoms with Gasteiger partial charge in [-0.2, -0.15) is 0 Å². The van der Waals surface area contributed by atoms with E-state index in [2.05, 4.69) is 15.6 Å². The molecule has 0 bridgehead atoms. The van der Waals surface area contributed by atoms with E-state index in [0.717, 1.165) is 31.8 Å². The predicted octanol–water partition coefficient (Wildman–Crippen LogP) is 4.32. The Labute approximate surface area is 262 Å². The fraction of sp³-hybridized carbons (Fsp3) is 0.294. The van der Waals surface area contributed by atoms with Gasteiger partial charge in [0.1, 0.15) is 24.9 Å². The van der Waals surface area contributed by atoms with Gasteiger partial charge in [-0.05, 0) is 62.5 Å². The molecule has 5 rings (SSSR count). The Morgan fingerprint density at radius 2 is 1.67 bits per heavy atom. The number of aromatic amines is 1. The number of nitrogens with zero attached hydrogens (tertiary/aromatic N) is 3. The summed E-state index contributed by atoms with van der Waals surface area (Å²) in [7, 11) is 3.91. The maximum atomic E-state index is 14.1. The Bertz CT molecular complexity index is 1680. The number of rotatable bonds is 10. The summed E-state index contributed by atoms with van der Waals surface area (Å²) in [5.74, 6) is -1.52. The minimum Gasteiger partial charge on any atom is -0.492 e. The van der Waals surface area contributed by atoms with Crippen molar-refractivity contribution in [3.05, 3.63) is 90.1 Å². The van der Waals surface area contributed by atoms with Crippen molar-refractivity contribution in [3.63, 3.8) is 0 Å². The number of piperazine rings is 1. The van der Waals surface area contributed by atoms with Gasteiger partial charge < -0.3 is 30.2 Å². The zero-order valence-electron chi connectivity index (χ0n) is 25.9. The average molecular weight is 611 g/mol. The largest absolute Gasteiger partial charge is 0.492 e. The molecule has 3 N–H and O–H groups in total. The van der Waals surface area contributed by atoms with Gasteiger partial charge in [0.15, 0.2) is 0 Å². The summed E-state index contributed by atoms with van der Waals surface area (Å²) in [6.45, 7) is 4.14. The van der Waals surface area contributed by atoms with Gasteiger partial charge in [-0.15, -0.1) is 0 Å². The number of urea groups is 1. The minimum absolute atomic E-state index is 0.316. The van der Waals surface area contributed by atoms with Gasteiger partial charge >= 0.3 is 6.03 Å². The second-order valence-electron chi connectivity index (χ2n) is 11.3. The molecule has 0 spiro atoms. The lowest BCUT2D eigenvalue weighted by Gasteiger charge is -2.34. The van der Waals surface area contributed by atoms with Crippen LogP contribution in [0.4, 0.5) is 16.2 Å². The number of ether oxygens (including phenoxy) is 1. The molecule has 11 nitrogen and oxygen atoms in total. The smallest absolute Gasteiger partial charge is 0.319 e. The highest BCUT2D eigenvalue weighted by Gasteiger charge is 2.37. The molecular formula is C34H38N6O5. The SMILES string of the molecule is CCOc1ccc(CN(C)C)cc1NC(=O)C(NC(=O)N1CC(=O)N(c2ccccc2)C(=O)C1)C(C)c1c[nH]c2ccccc12. The third-order valence-corrected chi connectivity index (χ3v) is 7.73. The Hall–Kier alpha value is -5.16. The molecule has 1 fully saturated rings. The van der Waals surface area contributed by atoms with Crippen LogP contribution < -0.4 is 20.3 Å².